The van der Waals surface area contributed by atoms with E-state index in [0.717, 1.165) is 18.2 Å². The lowest BCUT2D eigenvalue weighted by Gasteiger charge is -2.07. The van der Waals surface area contributed by atoms with Crippen LogP contribution < -0.4 is 5.32 Å². The number of amides is 1. The van der Waals surface area contributed by atoms with Crippen LogP contribution in [0.3, 0.4) is 0 Å². The molecule has 3 rings (SSSR count). The molecule has 0 aromatic carbocycles. The van der Waals surface area contributed by atoms with Crippen LogP contribution in [0.4, 0.5) is 5.82 Å². The van der Waals surface area contributed by atoms with Crippen LogP contribution in [0.15, 0.2) is 15.7 Å². The summed E-state index contributed by atoms with van der Waals surface area (Å²) in [6, 6.07) is 1.68. The molecular weight excluding hydrogens is 314 g/mol. The monoisotopic (exact) mass is 335 g/mol. The van der Waals surface area contributed by atoms with Crippen LogP contribution in [0.1, 0.15) is 44.2 Å². The zero-order valence-electron chi connectivity index (χ0n) is 13.3. The maximum atomic E-state index is 12.1. The molecule has 1 unspecified atom stereocenters. The summed E-state index contributed by atoms with van der Waals surface area (Å²) in [6.45, 7) is 3.60. The van der Waals surface area contributed by atoms with Gasteiger partial charge < -0.3 is 9.84 Å². The molecule has 1 saturated carbocycles. The molecule has 2 aromatic heterocycles. The molecule has 1 atom stereocenters. The molecule has 0 bridgehead atoms. The minimum absolute atomic E-state index is 0.148. The Bertz CT molecular complexity index is 662. The highest BCUT2D eigenvalue weighted by molar-refractivity contribution is 8.00. The number of nitrogens with zero attached hydrogens (tertiary/aromatic N) is 3. The SMILES string of the molecule is Cc1cc(NC(=O)C(C)Sc2n[nH]c(CC3CCCC3)n2)no1. The summed E-state index contributed by atoms with van der Waals surface area (Å²) in [5.41, 5.74) is 0. The Hall–Kier alpha value is -1.83. The highest BCUT2D eigenvalue weighted by Crippen LogP contribution is 2.28. The van der Waals surface area contributed by atoms with Crippen LogP contribution in [0, 0.1) is 12.8 Å². The van der Waals surface area contributed by atoms with Gasteiger partial charge in [-0.1, -0.05) is 42.6 Å². The second-order valence-corrected chi connectivity index (χ2v) is 7.30. The molecule has 1 aliphatic carbocycles. The third-order valence-corrected chi connectivity index (χ3v) is 4.96. The zero-order valence-corrected chi connectivity index (χ0v) is 14.2. The van der Waals surface area contributed by atoms with Crippen molar-refractivity contribution in [1.82, 2.24) is 20.3 Å². The summed E-state index contributed by atoms with van der Waals surface area (Å²) in [5, 5.41) is 14.0. The van der Waals surface area contributed by atoms with Gasteiger partial charge in [-0.2, -0.15) is 0 Å². The van der Waals surface area contributed by atoms with Gasteiger partial charge in [-0.05, 0) is 19.8 Å². The van der Waals surface area contributed by atoms with Gasteiger partial charge in [0, 0.05) is 12.5 Å². The zero-order chi connectivity index (χ0) is 16.2. The number of anilines is 1. The van der Waals surface area contributed by atoms with Gasteiger partial charge in [0.15, 0.2) is 5.82 Å². The van der Waals surface area contributed by atoms with E-state index in [1.165, 1.54) is 37.4 Å². The second kappa shape index (κ2) is 7.16. The van der Waals surface area contributed by atoms with Crippen molar-refractivity contribution in [1.29, 1.82) is 0 Å². The minimum atomic E-state index is -0.317. The molecule has 2 aromatic rings. The number of rotatable bonds is 6. The second-order valence-electron chi connectivity index (χ2n) is 5.99. The Balaban J connectivity index is 1.51. The van der Waals surface area contributed by atoms with E-state index in [2.05, 4.69) is 25.7 Å². The third-order valence-electron chi connectivity index (χ3n) is 4.00. The van der Waals surface area contributed by atoms with Gasteiger partial charge in [0.25, 0.3) is 0 Å². The van der Waals surface area contributed by atoms with Crippen molar-refractivity contribution in [2.24, 2.45) is 5.92 Å². The van der Waals surface area contributed by atoms with E-state index in [1.54, 1.807) is 13.0 Å². The number of carbonyl (C=O) groups is 1. The first-order valence-electron chi connectivity index (χ1n) is 7.92. The first-order valence-corrected chi connectivity index (χ1v) is 8.80. The standard InChI is InChI=1S/C15H21N5O2S/c1-9-7-13(20-22-9)16-14(21)10(2)23-15-17-12(18-19-15)8-11-5-3-4-6-11/h7,10-11H,3-6,8H2,1-2H3,(H,16,20,21)(H,17,18,19). The van der Waals surface area contributed by atoms with E-state index in [-0.39, 0.29) is 11.2 Å². The normalized spacial score (nSPS) is 16.6. The Morgan fingerprint density at radius 1 is 1.52 bits per heavy atom. The number of H-pyrrole nitrogens is 1. The fraction of sp³-hybridized carbons (Fsp3) is 0.600. The fourth-order valence-corrected chi connectivity index (χ4v) is 3.52. The molecule has 7 nitrogen and oxygen atoms in total. The molecule has 124 valence electrons. The van der Waals surface area contributed by atoms with Crippen LogP contribution >= 0.6 is 11.8 Å². The summed E-state index contributed by atoms with van der Waals surface area (Å²) in [4.78, 5) is 16.6. The molecule has 2 heterocycles. The number of nitrogens with one attached hydrogen (secondary N) is 2. The van der Waals surface area contributed by atoms with E-state index in [0.29, 0.717) is 16.7 Å². The van der Waals surface area contributed by atoms with Crippen LogP contribution in [-0.4, -0.2) is 31.5 Å². The number of hydrogen-bond acceptors (Lipinski definition) is 6. The molecule has 2 N–H and O–H groups in total. The van der Waals surface area contributed by atoms with Crippen LogP contribution in [0.25, 0.3) is 0 Å². The molecule has 0 radical (unpaired) electrons. The van der Waals surface area contributed by atoms with E-state index in [9.17, 15) is 4.79 Å². The number of aryl methyl sites for hydroxylation is 1. The van der Waals surface area contributed by atoms with Gasteiger partial charge in [-0.15, -0.1) is 5.10 Å². The minimum Gasteiger partial charge on any atom is -0.360 e. The van der Waals surface area contributed by atoms with Gasteiger partial charge in [0.1, 0.15) is 11.6 Å². The van der Waals surface area contributed by atoms with Crippen molar-refractivity contribution in [2.45, 2.75) is 56.4 Å². The molecule has 8 heteroatoms. The van der Waals surface area contributed by atoms with Gasteiger partial charge in [-0.25, -0.2) is 4.98 Å². The average Bonchev–Trinajstić information content (AvgIpc) is 3.24. The molecule has 0 aliphatic heterocycles. The summed E-state index contributed by atoms with van der Waals surface area (Å²) in [7, 11) is 0. The highest BCUT2D eigenvalue weighted by Gasteiger charge is 2.20. The predicted molar refractivity (Wildman–Crippen MR) is 87.2 cm³/mol. The summed E-state index contributed by atoms with van der Waals surface area (Å²) in [6.07, 6.45) is 6.14. The predicted octanol–water partition coefficient (Wildman–Crippen LogP) is 2.95. The van der Waals surface area contributed by atoms with Crippen molar-refractivity contribution in [3.63, 3.8) is 0 Å². The van der Waals surface area contributed by atoms with Gasteiger partial charge >= 0.3 is 0 Å². The van der Waals surface area contributed by atoms with Crippen molar-refractivity contribution in [3.05, 3.63) is 17.7 Å². The molecular formula is C15H21N5O2S. The average molecular weight is 335 g/mol. The Morgan fingerprint density at radius 2 is 2.30 bits per heavy atom. The molecule has 0 saturated heterocycles. The van der Waals surface area contributed by atoms with Crippen molar-refractivity contribution >= 4 is 23.5 Å². The Morgan fingerprint density at radius 3 is 3.00 bits per heavy atom. The number of aromatic amines is 1. The van der Waals surface area contributed by atoms with Gasteiger partial charge in [0.05, 0.1) is 5.25 Å². The largest absolute Gasteiger partial charge is 0.360 e. The van der Waals surface area contributed by atoms with E-state index >= 15 is 0 Å². The first-order chi connectivity index (χ1) is 11.1. The Labute approximate surface area is 139 Å². The molecule has 0 spiro atoms. The number of carbonyl (C=O) groups excluding carboxylic acids is 1. The molecule has 1 amide bonds. The smallest absolute Gasteiger partial charge is 0.238 e. The lowest BCUT2D eigenvalue weighted by atomic mass is 10.0. The number of hydrogen-bond donors (Lipinski definition) is 2. The number of aromatic nitrogens is 4. The Kier molecular flexibility index (Phi) is 5.00. The lowest BCUT2D eigenvalue weighted by molar-refractivity contribution is -0.115. The topological polar surface area (TPSA) is 96.7 Å². The maximum Gasteiger partial charge on any atom is 0.238 e. The number of thioether (sulfide) groups is 1. The van der Waals surface area contributed by atoms with E-state index < -0.39 is 0 Å². The summed E-state index contributed by atoms with van der Waals surface area (Å²) < 4.78 is 4.93. The van der Waals surface area contributed by atoms with E-state index in [1.807, 2.05) is 6.92 Å². The van der Waals surface area contributed by atoms with Crippen LogP contribution in [0.2, 0.25) is 0 Å². The van der Waals surface area contributed by atoms with E-state index in [4.69, 9.17) is 4.52 Å². The quantitative estimate of drug-likeness (QED) is 0.788. The molecule has 1 aliphatic rings. The highest BCUT2D eigenvalue weighted by atomic mass is 32.2. The van der Waals surface area contributed by atoms with Crippen molar-refractivity contribution in [3.8, 4) is 0 Å². The van der Waals surface area contributed by atoms with Crippen molar-refractivity contribution in [2.75, 3.05) is 5.32 Å². The summed E-state index contributed by atoms with van der Waals surface area (Å²) >= 11 is 1.33. The summed E-state index contributed by atoms with van der Waals surface area (Å²) in [5.74, 6) is 2.57. The van der Waals surface area contributed by atoms with Crippen LogP contribution in [-0.2, 0) is 11.2 Å². The van der Waals surface area contributed by atoms with Crippen LogP contribution in [0.5, 0.6) is 0 Å². The fourth-order valence-electron chi connectivity index (χ4n) is 2.77. The lowest BCUT2D eigenvalue weighted by Crippen LogP contribution is -2.22. The third kappa shape index (κ3) is 4.34. The molecule has 23 heavy (non-hydrogen) atoms. The first kappa shape index (κ1) is 16.0. The van der Waals surface area contributed by atoms with Gasteiger partial charge in [-0.3, -0.25) is 9.89 Å². The van der Waals surface area contributed by atoms with Crippen molar-refractivity contribution < 1.29 is 9.32 Å². The van der Waals surface area contributed by atoms with Gasteiger partial charge in [0.2, 0.25) is 11.1 Å². The molecule has 1 fully saturated rings. The maximum absolute atomic E-state index is 12.1.